The van der Waals surface area contributed by atoms with E-state index in [1.807, 2.05) is 30.3 Å². The summed E-state index contributed by atoms with van der Waals surface area (Å²) in [5, 5.41) is 0. The minimum Gasteiger partial charge on any atom is -0.334 e. The number of hydrogen-bond acceptors (Lipinski definition) is 1. The predicted octanol–water partition coefficient (Wildman–Crippen LogP) is 3.50. The topological polar surface area (TPSA) is 21.5 Å². The van der Waals surface area contributed by atoms with Crippen LogP contribution in [0, 0.1) is 0 Å². The van der Waals surface area contributed by atoms with Gasteiger partial charge < -0.3 is 4.90 Å². The molecule has 0 aromatic heterocycles. The molecule has 2 unspecified atom stereocenters. The summed E-state index contributed by atoms with van der Waals surface area (Å²) in [5.74, 6) is 1.02. The SMILES string of the molecule is O=C(CCCCC[NH+]1CCC(c2ccccc2)C1)c1ccccc1. The number of rotatable bonds is 8. The van der Waals surface area contributed by atoms with Gasteiger partial charge in [-0.25, -0.2) is 0 Å². The zero-order chi connectivity index (χ0) is 16.6. The molecule has 2 heteroatoms. The zero-order valence-electron chi connectivity index (χ0n) is 14.4. The molecule has 0 amide bonds. The molecule has 2 nitrogen and oxygen atoms in total. The van der Waals surface area contributed by atoms with Crippen LogP contribution in [0.5, 0.6) is 0 Å². The average molecular weight is 322 g/mol. The van der Waals surface area contributed by atoms with E-state index in [9.17, 15) is 4.79 Å². The number of Topliss-reactive ketones (excluding diaryl/α,β-unsaturated/α-hetero) is 1. The minimum absolute atomic E-state index is 0.285. The second-order valence-electron chi connectivity index (χ2n) is 6.95. The number of likely N-dealkylation sites (tertiary alicyclic amines) is 1. The Morgan fingerprint density at radius 1 is 0.917 bits per heavy atom. The maximum Gasteiger partial charge on any atom is 0.162 e. The van der Waals surface area contributed by atoms with Gasteiger partial charge in [0.25, 0.3) is 0 Å². The lowest BCUT2D eigenvalue weighted by molar-refractivity contribution is -0.888. The first-order valence-electron chi connectivity index (χ1n) is 9.29. The Kier molecular flexibility index (Phi) is 6.20. The smallest absolute Gasteiger partial charge is 0.162 e. The molecule has 2 aromatic carbocycles. The molecule has 1 heterocycles. The Bertz CT molecular complexity index is 623. The Balaban J connectivity index is 1.31. The van der Waals surface area contributed by atoms with Gasteiger partial charge in [-0.2, -0.15) is 0 Å². The number of carbonyl (C=O) groups excluding carboxylic acids is 1. The van der Waals surface area contributed by atoms with Crippen LogP contribution >= 0.6 is 0 Å². The molecule has 2 aromatic rings. The molecule has 1 N–H and O–H groups in total. The van der Waals surface area contributed by atoms with Crippen molar-refractivity contribution >= 4 is 5.78 Å². The summed E-state index contributed by atoms with van der Waals surface area (Å²) in [6.07, 6.45) is 5.41. The molecule has 1 aliphatic heterocycles. The van der Waals surface area contributed by atoms with Crippen LogP contribution < -0.4 is 4.90 Å². The normalized spacial score (nSPS) is 20.2. The highest BCUT2D eigenvalue weighted by Crippen LogP contribution is 2.19. The van der Waals surface area contributed by atoms with Crippen LogP contribution in [0.2, 0.25) is 0 Å². The van der Waals surface area contributed by atoms with E-state index in [0.717, 1.165) is 24.3 Å². The summed E-state index contributed by atoms with van der Waals surface area (Å²) in [7, 11) is 0. The van der Waals surface area contributed by atoms with Crippen LogP contribution in [-0.2, 0) is 0 Å². The molecule has 126 valence electrons. The van der Waals surface area contributed by atoms with Crippen molar-refractivity contribution in [3.63, 3.8) is 0 Å². The van der Waals surface area contributed by atoms with Crippen LogP contribution in [0.25, 0.3) is 0 Å². The lowest BCUT2D eigenvalue weighted by Crippen LogP contribution is -3.10. The first-order chi connectivity index (χ1) is 11.8. The molecule has 0 saturated carbocycles. The summed E-state index contributed by atoms with van der Waals surface area (Å²) < 4.78 is 0. The van der Waals surface area contributed by atoms with Crippen LogP contribution in [0.1, 0.15) is 53.9 Å². The highest BCUT2D eigenvalue weighted by Gasteiger charge is 2.26. The summed E-state index contributed by atoms with van der Waals surface area (Å²) in [5.41, 5.74) is 2.36. The van der Waals surface area contributed by atoms with E-state index in [1.165, 1.54) is 38.0 Å². The standard InChI is InChI=1S/C22H27NO/c24-22(20-12-6-2-7-13-20)14-8-3-9-16-23-17-15-21(18-23)19-10-4-1-5-11-19/h1-2,4-7,10-13,21H,3,8-9,14-18H2/p+1. The van der Waals surface area contributed by atoms with Gasteiger partial charge in [-0.05, 0) is 24.8 Å². The number of nitrogens with one attached hydrogen (secondary N) is 1. The molecule has 1 saturated heterocycles. The van der Waals surface area contributed by atoms with E-state index < -0.39 is 0 Å². The van der Waals surface area contributed by atoms with Gasteiger partial charge in [0.2, 0.25) is 0 Å². The van der Waals surface area contributed by atoms with Crippen molar-refractivity contribution in [3.05, 3.63) is 71.8 Å². The van der Waals surface area contributed by atoms with Crippen LogP contribution in [-0.4, -0.2) is 25.4 Å². The average Bonchev–Trinajstić information content (AvgIpc) is 3.12. The van der Waals surface area contributed by atoms with E-state index in [2.05, 4.69) is 30.3 Å². The minimum atomic E-state index is 0.285. The number of quaternary nitrogens is 1. The molecule has 1 fully saturated rings. The first-order valence-corrected chi connectivity index (χ1v) is 9.29. The quantitative estimate of drug-likeness (QED) is 0.583. The van der Waals surface area contributed by atoms with E-state index in [1.54, 1.807) is 4.90 Å². The van der Waals surface area contributed by atoms with Crippen molar-refractivity contribution in [3.8, 4) is 0 Å². The van der Waals surface area contributed by atoms with Crippen molar-refractivity contribution in [2.24, 2.45) is 0 Å². The zero-order valence-corrected chi connectivity index (χ0v) is 14.4. The number of benzene rings is 2. The molecule has 0 bridgehead atoms. The monoisotopic (exact) mass is 322 g/mol. The van der Waals surface area contributed by atoms with Crippen molar-refractivity contribution in [1.82, 2.24) is 0 Å². The van der Waals surface area contributed by atoms with Crippen molar-refractivity contribution in [2.45, 2.75) is 38.0 Å². The van der Waals surface area contributed by atoms with Gasteiger partial charge in [0.1, 0.15) is 0 Å². The Hall–Kier alpha value is -1.93. The van der Waals surface area contributed by atoms with Crippen molar-refractivity contribution in [2.75, 3.05) is 19.6 Å². The lowest BCUT2D eigenvalue weighted by Gasteiger charge is -2.13. The Morgan fingerprint density at radius 2 is 1.62 bits per heavy atom. The highest BCUT2D eigenvalue weighted by molar-refractivity contribution is 5.95. The third kappa shape index (κ3) is 4.78. The molecule has 0 aliphatic carbocycles. The van der Waals surface area contributed by atoms with Gasteiger partial charge in [0.05, 0.1) is 19.6 Å². The molecule has 0 spiro atoms. The molecular formula is C22H28NO+. The Morgan fingerprint density at radius 3 is 2.38 bits per heavy atom. The number of unbranched alkanes of at least 4 members (excludes halogenated alkanes) is 2. The van der Waals surface area contributed by atoms with E-state index >= 15 is 0 Å². The van der Waals surface area contributed by atoms with Gasteiger partial charge in [-0.15, -0.1) is 0 Å². The van der Waals surface area contributed by atoms with Crippen LogP contribution in [0.3, 0.4) is 0 Å². The molecule has 2 atom stereocenters. The lowest BCUT2D eigenvalue weighted by atomic mass is 9.99. The van der Waals surface area contributed by atoms with Gasteiger partial charge in [-0.1, -0.05) is 60.7 Å². The second kappa shape index (κ2) is 8.79. The van der Waals surface area contributed by atoms with E-state index in [0.29, 0.717) is 6.42 Å². The number of hydrogen-bond donors (Lipinski definition) is 1. The summed E-state index contributed by atoms with van der Waals surface area (Å²) in [6, 6.07) is 20.6. The van der Waals surface area contributed by atoms with Gasteiger partial charge >= 0.3 is 0 Å². The summed E-state index contributed by atoms with van der Waals surface area (Å²) in [6.45, 7) is 3.82. The largest absolute Gasteiger partial charge is 0.334 e. The van der Waals surface area contributed by atoms with Gasteiger partial charge in [0.15, 0.2) is 5.78 Å². The molecule has 24 heavy (non-hydrogen) atoms. The Labute approximate surface area is 145 Å². The van der Waals surface area contributed by atoms with E-state index in [-0.39, 0.29) is 5.78 Å². The van der Waals surface area contributed by atoms with Crippen LogP contribution in [0.15, 0.2) is 60.7 Å². The third-order valence-electron chi connectivity index (χ3n) is 5.18. The fraction of sp³-hybridized carbons (Fsp3) is 0.409. The predicted molar refractivity (Wildman–Crippen MR) is 98.6 cm³/mol. The number of ketones is 1. The molecule has 1 aliphatic rings. The fourth-order valence-electron chi connectivity index (χ4n) is 3.77. The maximum absolute atomic E-state index is 12.1. The van der Waals surface area contributed by atoms with E-state index in [4.69, 9.17) is 0 Å². The van der Waals surface area contributed by atoms with Crippen LogP contribution in [0.4, 0.5) is 0 Å². The molecule has 3 rings (SSSR count). The highest BCUT2D eigenvalue weighted by atomic mass is 16.1. The molecular weight excluding hydrogens is 294 g/mol. The fourth-order valence-corrected chi connectivity index (χ4v) is 3.77. The first kappa shape index (κ1) is 16.9. The summed E-state index contributed by atoms with van der Waals surface area (Å²) in [4.78, 5) is 13.8. The second-order valence-corrected chi connectivity index (χ2v) is 6.95. The van der Waals surface area contributed by atoms with Gasteiger partial charge in [-0.3, -0.25) is 4.79 Å². The van der Waals surface area contributed by atoms with Crippen molar-refractivity contribution < 1.29 is 9.69 Å². The van der Waals surface area contributed by atoms with Crippen molar-refractivity contribution in [1.29, 1.82) is 0 Å². The molecule has 0 radical (unpaired) electrons. The number of carbonyl (C=O) groups is 1. The maximum atomic E-state index is 12.1. The van der Waals surface area contributed by atoms with Gasteiger partial charge in [0, 0.05) is 24.3 Å². The third-order valence-corrected chi connectivity index (χ3v) is 5.18. The summed E-state index contributed by atoms with van der Waals surface area (Å²) >= 11 is 0.